The van der Waals surface area contributed by atoms with Gasteiger partial charge >= 0.3 is 6.18 Å². The van der Waals surface area contributed by atoms with E-state index in [9.17, 15) is 22.4 Å². The van der Waals surface area contributed by atoms with E-state index in [0.29, 0.717) is 17.2 Å². The molecule has 2 aromatic carbocycles. The van der Waals surface area contributed by atoms with Crippen molar-refractivity contribution < 1.29 is 22.4 Å². The quantitative estimate of drug-likeness (QED) is 0.601. The van der Waals surface area contributed by atoms with Crippen molar-refractivity contribution in [3.63, 3.8) is 0 Å². The lowest BCUT2D eigenvalue weighted by Gasteiger charge is -2.19. The number of hydrogen-bond acceptors (Lipinski definition) is 3. The summed E-state index contributed by atoms with van der Waals surface area (Å²) in [4.78, 5) is 14.0. The molecule has 0 bridgehead atoms. The Kier molecular flexibility index (Phi) is 6.21. The van der Waals surface area contributed by atoms with Crippen LogP contribution in [0.3, 0.4) is 0 Å². The summed E-state index contributed by atoms with van der Waals surface area (Å²) in [5.74, 6) is -0.424. The number of likely N-dealkylation sites (N-methyl/N-ethyl adjacent to an activating group) is 1. The molecule has 3 aromatic rings. The Balaban J connectivity index is 1.69. The molecular weight excluding hydrogens is 400 g/mol. The molecule has 0 aliphatic carbocycles. The van der Waals surface area contributed by atoms with Gasteiger partial charge in [0.15, 0.2) is 0 Å². The van der Waals surface area contributed by atoms with Crippen LogP contribution in [-0.2, 0) is 17.5 Å². The van der Waals surface area contributed by atoms with Crippen LogP contribution in [0.25, 0.3) is 5.69 Å². The van der Waals surface area contributed by atoms with Crippen LogP contribution in [-0.4, -0.2) is 34.2 Å². The summed E-state index contributed by atoms with van der Waals surface area (Å²) in [6.45, 7) is 1.58. The van der Waals surface area contributed by atoms with Gasteiger partial charge in [0.25, 0.3) is 0 Å². The van der Waals surface area contributed by atoms with Crippen molar-refractivity contribution >= 4 is 11.7 Å². The molecule has 0 aliphatic heterocycles. The third-order valence-corrected chi connectivity index (χ3v) is 4.35. The van der Waals surface area contributed by atoms with Crippen LogP contribution in [0.5, 0.6) is 0 Å². The first-order valence-corrected chi connectivity index (χ1v) is 9.09. The number of nitrogens with zero attached hydrogens (tertiary/aromatic N) is 3. The molecule has 0 aliphatic rings. The molecule has 158 valence electrons. The first kappa shape index (κ1) is 21.5. The molecule has 5 nitrogen and oxygen atoms in total. The molecule has 0 atom stereocenters. The van der Waals surface area contributed by atoms with Gasteiger partial charge in [0, 0.05) is 12.6 Å². The Bertz CT molecular complexity index is 1030. The van der Waals surface area contributed by atoms with E-state index < -0.39 is 23.5 Å². The van der Waals surface area contributed by atoms with Gasteiger partial charge in [-0.15, -0.1) is 0 Å². The molecule has 0 radical (unpaired) electrons. The van der Waals surface area contributed by atoms with Crippen LogP contribution in [0.2, 0.25) is 0 Å². The molecule has 1 heterocycles. The molecule has 1 amide bonds. The van der Waals surface area contributed by atoms with Crippen molar-refractivity contribution in [3.8, 4) is 5.69 Å². The summed E-state index contributed by atoms with van der Waals surface area (Å²) < 4.78 is 54.1. The normalized spacial score (nSPS) is 11.7. The van der Waals surface area contributed by atoms with Crippen molar-refractivity contribution in [1.82, 2.24) is 14.7 Å². The van der Waals surface area contributed by atoms with Crippen molar-refractivity contribution in [1.29, 1.82) is 0 Å². The summed E-state index contributed by atoms with van der Waals surface area (Å²) in [5, 5.41) is 7.00. The predicted octanol–water partition coefficient (Wildman–Crippen LogP) is 4.41. The minimum atomic E-state index is -4.46. The lowest BCUT2D eigenvalue weighted by molar-refractivity contribution is -0.138. The lowest BCUT2D eigenvalue weighted by Crippen LogP contribution is -2.31. The van der Waals surface area contributed by atoms with Crippen LogP contribution in [0.4, 0.5) is 23.4 Å². The highest BCUT2D eigenvalue weighted by Crippen LogP contribution is 2.32. The summed E-state index contributed by atoms with van der Waals surface area (Å²) in [7, 11) is 1.56. The van der Waals surface area contributed by atoms with E-state index in [1.807, 2.05) is 0 Å². The van der Waals surface area contributed by atoms with Gasteiger partial charge in [0.05, 0.1) is 23.5 Å². The fourth-order valence-corrected chi connectivity index (χ4v) is 3.08. The Morgan fingerprint density at radius 1 is 1.13 bits per heavy atom. The number of rotatable bonds is 6. The van der Waals surface area contributed by atoms with E-state index in [2.05, 4.69) is 10.4 Å². The molecular formula is C21H20F4N4O. The van der Waals surface area contributed by atoms with Gasteiger partial charge in [-0.1, -0.05) is 18.2 Å². The smallest absolute Gasteiger partial charge is 0.309 e. The molecule has 0 spiro atoms. The van der Waals surface area contributed by atoms with Gasteiger partial charge in [-0.3, -0.25) is 9.69 Å². The number of halogens is 4. The maximum atomic E-state index is 13.2. The van der Waals surface area contributed by atoms with Crippen molar-refractivity contribution in [3.05, 3.63) is 77.2 Å². The maximum absolute atomic E-state index is 13.2. The second-order valence-corrected chi connectivity index (χ2v) is 6.93. The molecule has 0 unspecified atom stereocenters. The zero-order valence-corrected chi connectivity index (χ0v) is 16.4. The lowest BCUT2D eigenvalue weighted by atomic mass is 10.1. The van der Waals surface area contributed by atoms with Gasteiger partial charge in [-0.2, -0.15) is 18.3 Å². The minimum absolute atomic E-state index is 0.0423. The first-order valence-electron chi connectivity index (χ1n) is 9.09. The number of nitrogens with one attached hydrogen (secondary N) is 1. The van der Waals surface area contributed by atoms with E-state index in [4.69, 9.17) is 0 Å². The topological polar surface area (TPSA) is 50.2 Å². The number of carbonyl (C=O) groups excluding carboxylic acids is 1. The van der Waals surface area contributed by atoms with Crippen LogP contribution < -0.4 is 5.32 Å². The largest absolute Gasteiger partial charge is 0.416 e. The second kappa shape index (κ2) is 8.66. The fourth-order valence-electron chi connectivity index (χ4n) is 3.08. The molecule has 0 saturated heterocycles. The van der Waals surface area contributed by atoms with Crippen molar-refractivity contribution in [2.45, 2.75) is 19.6 Å². The van der Waals surface area contributed by atoms with E-state index in [1.54, 1.807) is 20.0 Å². The van der Waals surface area contributed by atoms with E-state index in [1.165, 1.54) is 52.0 Å². The second-order valence-electron chi connectivity index (χ2n) is 6.93. The minimum Gasteiger partial charge on any atom is -0.309 e. The summed E-state index contributed by atoms with van der Waals surface area (Å²) >= 11 is 0. The fraction of sp³-hybridized carbons (Fsp3) is 0.238. The Morgan fingerprint density at radius 2 is 1.80 bits per heavy atom. The van der Waals surface area contributed by atoms with Crippen molar-refractivity contribution in [2.24, 2.45) is 0 Å². The number of amides is 1. The molecule has 1 aromatic heterocycles. The molecule has 0 fully saturated rings. The first-order chi connectivity index (χ1) is 14.1. The average Bonchev–Trinajstić information content (AvgIpc) is 3.01. The maximum Gasteiger partial charge on any atom is 0.416 e. The number of benzene rings is 2. The Labute approximate surface area is 170 Å². The Morgan fingerprint density at radius 3 is 2.47 bits per heavy atom. The Hall–Kier alpha value is -3.20. The number of alkyl halides is 3. The van der Waals surface area contributed by atoms with E-state index in [0.717, 1.165) is 6.07 Å². The predicted molar refractivity (Wildman–Crippen MR) is 105 cm³/mol. The summed E-state index contributed by atoms with van der Waals surface area (Å²) in [5.41, 5.74) is 0.573. The number of anilines is 1. The van der Waals surface area contributed by atoms with Crippen LogP contribution >= 0.6 is 0 Å². The molecule has 9 heteroatoms. The number of hydrogen-bond donors (Lipinski definition) is 1. The highest BCUT2D eigenvalue weighted by atomic mass is 19.4. The van der Waals surface area contributed by atoms with Gasteiger partial charge in [-0.25, -0.2) is 9.07 Å². The summed E-state index contributed by atoms with van der Waals surface area (Å²) in [6, 6.07) is 12.5. The van der Waals surface area contributed by atoms with Gasteiger partial charge in [0.2, 0.25) is 5.91 Å². The SMILES string of the molecule is Cc1cc(NC(=O)CN(C)Cc2ccccc2C(F)(F)F)n(-c2ccc(F)cc2)n1. The molecule has 1 N–H and O–H groups in total. The van der Waals surface area contributed by atoms with Crippen LogP contribution in [0.1, 0.15) is 16.8 Å². The number of aryl methyl sites for hydroxylation is 1. The van der Waals surface area contributed by atoms with Gasteiger partial charge in [-0.05, 0) is 49.9 Å². The standard InChI is InChI=1S/C21H20F4N4O/c1-14-11-19(29(27-14)17-9-7-16(22)8-10-17)26-20(30)13-28(2)12-15-5-3-4-6-18(15)21(23,24)25/h3-11H,12-13H2,1-2H3,(H,26,30). The van der Waals surface area contributed by atoms with Gasteiger partial charge < -0.3 is 5.32 Å². The van der Waals surface area contributed by atoms with Crippen LogP contribution in [0.15, 0.2) is 54.6 Å². The number of aromatic nitrogens is 2. The third kappa shape index (κ3) is 5.24. The van der Waals surface area contributed by atoms with Crippen LogP contribution in [0, 0.1) is 12.7 Å². The summed E-state index contributed by atoms with van der Waals surface area (Å²) in [6.07, 6.45) is -4.46. The highest BCUT2D eigenvalue weighted by Gasteiger charge is 2.33. The third-order valence-electron chi connectivity index (χ3n) is 4.35. The van der Waals surface area contributed by atoms with E-state index >= 15 is 0 Å². The monoisotopic (exact) mass is 420 g/mol. The zero-order valence-electron chi connectivity index (χ0n) is 16.4. The zero-order chi connectivity index (χ0) is 21.9. The average molecular weight is 420 g/mol. The molecule has 30 heavy (non-hydrogen) atoms. The number of carbonyl (C=O) groups is 1. The van der Waals surface area contributed by atoms with E-state index in [-0.39, 0.29) is 18.7 Å². The molecule has 3 rings (SSSR count). The highest BCUT2D eigenvalue weighted by molar-refractivity contribution is 5.91. The van der Waals surface area contributed by atoms with Crippen molar-refractivity contribution in [2.75, 3.05) is 18.9 Å². The molecule has 0 saturated carbocycles. The van der Waals surface area contributed by atoms with Gasteiger partial charge in [0.1, 0.15) is 11.6 Å².